The number of nitrogens with zero attached hydrogens (tertiary/aromatic N) is 1. The number of hydrogen-bond acceptors (Lipinski definition) is 6. The summed E-state index contributed by atoms with van der Waals surface area (Å²) in [7, 11) is -2.47. The van der Waals surface area contributed by atoms with Gasteiger partial charge in [-0.3, -0.25) is 4.79 Å². The van der Waals surface area contributed by atoms with Crippen molar-refractivity contribution in [3.05, 3.63) is 88.3 Å². The van der Waals surface area contributed by atoms with Crippen molar-refractivity contribution < 1.29 is 22.7 Å². The lowest BCUT2D eigenvalue weighted by atomic mass is 9.95. The van der Waals surface area contributed by atoms with Gasteiger partial charge in [0.25, 0.3) is 10.0 Å². The van der Waals surface area contributed by atoms with E-state index in [1.165, 1.54) is 11.4 Å². The van der Waals surface area contributed by atoms with Gasteiger partial charge in [-0.05, 0) is 53.1 Å². The summed E-state index contributed by atoms with van der Waals surface area (Å²) in [5, 5.41) is 4.61. The highest BCUT2D eigenvalue weighted by Gasteiger charge is 2.39. The van der Waals surface area contributed by atoms with Gasteiger partial charge in [-0.25, -0.2) is 13.2 Å². The molecule has 9 heteroatoms. The van der Waals surface area contributed by atoms with Crippen LogP contribution in [0.3, 0.4) is 0 Å². The molecule has 172 valence electrons. The van der Waals surface area contributed by atoms with E-state index < -0.39 is 22.0 Å². The zero-order valence-electron chi connectivity index (χ0n) is 18.1. The number of benzene rings is 2. The molecule has 1 aliphatic heterocycles. The number of amides is 1. The molecule has 3 aromatic rings. The quantitative estimate of drug-likeness (QED) is 0.521. The first-order valence-corrected chi connectivity index (χ1v) is 12.8. The third-order valence-electron chi connectivity index (χ3n) is 5.65. The van der Waals surface area contributed by atoms with Gasteiger partial charge in [-0.15, -0.1) is 11.3 Å². The lowest BCUT2D eigenvalue weighted by molar-refractivity contribution is -0.125. The third-order valence-corrected chi connectivity index (χ3v) is 8.88. The SMILES string of the molecule is COC(=O)c1ccc(CCNC(=O)[C@@H]2Cc3ccccc3CN2S(=O)(=O)c2cccs2)cc1. The second-order valence-electron chi connectivity index (χ2n) is 7.70. The monoisotopic (exact) mass is 484 g/mol. The number of rotatable bonds is 7. The number of carbonyl (C=O) groups excluding carboxylic acids is 2. The van der Waals surface area contributed by atoms with Gasteiger partial charge in [0.1, 0.15) is 10.3 Å². The van der Waals surface area contributed by atoms with E-state index in [1.807, 2.05) is 36.4 Å². The van der Waals surface area contributed by atoms with Crippen LogP contribution in [0, 0.1) is 0 Å². The molecule has 7 nitrogen and oxygen atoms in total. The van der Waals surface area contributed by atoms with Crippen molar-refractivity contribution in [2.24, 2.45) is 0 Å². The van der Waals surface area contributed by atoms with Gasteiger partial charge in [-0.2, -0.15) is 4.31 Å². The van der Waals surface area contributed by atoms with Gasteiger partial charge in [0.2, 0.25) is 5.91 Å². The fourth-order valence-corrected chi connectivity index (χ4v) is 6.56. The molecule has 33 heavy (non-hydrogen) atoms. The van der Waals surface area contributed by atoms with Crippen molar-refractivity contribution >= 4 is 33.2 Å². The Balaban J connectivity index is 1.48. The van der Waals surface area contributed by atoms with Crippen LogP contribution in [0.4, 0.5) is 0 Å². The summed E-state index contributed by atoms with van der Waals surface area (Å²) in [4.78, 5) is 24.7. The maximum atomic E-state index is 13.3. The predicted molar refractivity (Wildman–Crippen MR) is 125 cm³/mol. The molecule has 0 radical (unpaired) electrons. The molecule has 2 heterocycles. The highest BCUT2D eigenvalue weighted by Crippen LogP contribution is 2.30. The number of nitrogens with one attached hydrogen (secondary N) is 1. The van der Waals surface area contributed by atoms with E-state index in [1.54, 1.807) is 29.6 Å². The predicted octanol–water partition coefficient (Wildman–Crippen LogP) is 3.01. The number of methoxy groups -OCH3 is 1. The van der Waals surface area contributed by atoms with E-state index in [-0.39, 0.29) is 16.7 Å². The van der Waals surface area contributed by atoms with Gasteiger partial charge in [-0.1, -0.05) is 42.5 Å². The van der Waals surface area contributed by atoms with Gasteiger partial charge >= 0.3 is 5.97 Å². The Bertz CT molecular complexity index is 1240. The molecule has 2 aromatic carbocycles. The van der Waals surface area contributed by atoms with E-state index in [4.69, 9.17) is 4.74 Å². The maximum Gasteiger partial charge on any atom is 0.337 e. The van der Waals surface area contributed by atoms with Crippen molar-refractivity contribution in [3.8, 4) is 0 Å². The summed E-state index contributed by atoms with van der Waals surface area (Å²) in [5.41, 5.74) is 3.29. The molecule has 1 aromatic heterocycles. The molecule has 0 saturated carbocycles. The molecule has 1 N–H and O–H groups in total. The molecule has 0 unspecified atom stereocenters. The molecular weight excluding hydrogens is 460 g/mol. The summed E-state index contributed by atoms with van der Waals surface area (Å²) in [6.07, 6.45) is 0.870. The lowest BCUT2D eigenvalue weighted by Crippen LogP contribution is -2.52. The average molecular weight is 485 g/mol. The second-order valence-corrected chi connectivity index (χ2v) is 10.8. The molecule has 1 aliphatic rings. The van der Waals surface area contributed by atoms with Gasteiger partial charge in [0.15, 0.2) is 0 Å². The summed E-state index contributed by atoms with van der Waals surface area (Å²) in [6.45, 7) is 0.505. The molecular formula is C24H24N2O5S2. The third kappa shape index (κ3) is 5.00. The Labute approximate surface area is 197 Å². The van der Waals surface area contributed by atoms with E-state index in [0.717, 1.165) is 28.0 Å². The van der Waals surface area contributed by atoms with Crippen molar-refractivity contribution in [2.75, 3.05) is 13.7 Å². The average Bonchev–Trinajstić information content (AvgIpc) is 3.39. The van der Waals surface area contributed by atoms with Crippen LogP contribution in [0.15, 0.2) is 70.3 Å². The van der Waals surface area contributed by atoms with Gasteiger partial charge in [0, 0.05) is 13.1 Å². The highest BCUT2D eigenvalue weighted by atomic mass is 32.2. The number of thiophene rings is 1. The largest absolute Gasteiger partial charge is 0.465 e. The Kier molecular flexibility index (Phi) is 6.92. The maximum absolute atomic E-state index is 13.3. The van der Waals surface area contributed by atoms with Crippen LogP contribution >= 0.6 is 11.3 Å². The molecule has 1 amide bonds. The minimum absolute atomic E-state index is 0.156. The Morgan fingerprint density at radius 1 is 1.06 bits per heavy atom. The van der Waals surface area contributed by atoms with E-state index in [0.29, 0.717) is 24.9 Å². The van der Waals surface area contributed by atoms with Crippen LogP contribution in [-0.2, 0) is 38.9 Å². The van der Waals surface area contributed by atoms with Crippen molar-refractivity contribution in [3.63, 3.8) is 0 Å². The lowest BCUT2D eigenvalue weighted by Gasteiger charge is -2.34. The number of sulfonamides is 1. The zero-order chi connectivity index (χ0) is 23.4. The van der Waals surface area contributed by atoms with Crippen LogP contribution in [-0.4, -0.2) is 44.3 Å². The summed E-state index contributed by atoms with van der Waals surface area (Å²) < 4.78 is 32.8. The summed E-state index contributed by atoms with van der Waals surface area (Å²) in [6, 6.07) is 17.0. The molecule has 0 fully saturated rings. The number of esters is 1. The first-order valence-electron chi connectivity index (χ1n) is 10.5. The van der Waals surface area contributed by atoms with E-state index in [9.17, 15) is 18.0 Å². The number of carbonyl (C=O) groups is 2. The Hall–Kier alpha value is -3.01. The Morgan fingerprint density at radius 3 is 2.45 bits per heavy atom. The smallest absolute Gasteiger partial charge is 0.337 e. The molecule has 0 spiro atoms. The molecule has 0 saturated heterocycles. The summed E-state index contributed by atoms with van der Waals surface area (Å²) >= 11 is 1.14. The standard InChI is InChI=1S/C24H24N2O5S2/c1-31-24(28)18-10-8-17(9-11-18)12-13-25-23(27)21-15-19-5-2-3-6-20(19)16-26(21)33(29,30)22-7-4-14-32-22/h2-11,14,21H,12-13,15-16H2,1H3,(H,25,27)/t21-/m0/s1. The Morgan fingerprint density at radius 2 is 1.79 bits per heavy atom. The van der Waals surface area contributed by atoms with Crippen molar-refractivity contribution in [1.82, 2.24) is 9.62 Å². The van der Waals surface area contributed by atoms with Crippen molar-refractivity contribution in [1.29, 1.82) is 0 Å². The van der Waals surface area contributed by atoms with E-state index in [2.05, 4.69) is 5.32 Å². The number of hydrogen-bond donors (Lipinski definition) is 1. The van der Waals surface area contributed by atoms with Crippen LogP contribution in [0.1, 0.15) is 27.0 Å². The first kappa shape index (κ1) is 23.2. The molecule has 4 rings (SSSR count). The summed E-state index contributed by atoms with van der Waals surface area (Å²) in [5.74, 6) is -0.727. The van der Waals surface area contributed by atoms with E-state index >= 15 is 0 Å². The van der Waals surface area contributed by atoms with Crippen LogP contribution in [0.25, 0.3) is 0 Å². The van der Waals surface area contributed by atoms with Gasteiger partial charge in [0.05, 0.1) is 12.7 Å². The topological polar surface area (TPSA) is 92.8 Å². The molecule has 1 atom stereocenters. The van der Waals surface area contributed by atoms with Crippen LogP contribution in [0.5, 0.6) is 0 Å². The number of fused-ring (bicyclic) bond motifs is 1. The second kappa shape index (κ2) is 9.86. The minimum Gasteiger partial charge on any atom is -0.465 e. The van der Waals surface area contributed by atoms with Crippen LogP contribution in [0.2, 0.25) is 0 Å². The molecule has 0 bridgehead atoms. The normalized spacial score (nSPS) is 16.1. The minimum atomic E-state index is -3.80. The fourth-order valence-electron chi connectivity index (χ4n) is 3.87. The first-order chi connectivity index (χ1) is 15.9. The van der Waals surface area contributed by atoms with Gasteiger partial charge < -0.3 is 10.1 Å². The highest BCUT2D eigenvalue weighted by molar-refractivity contribution is 7.91. The van der Waals surface area contributed by atoms with Crippen LogP contribution < -0.4 is 5.32 Å². The zero-order valence-corrected chi connectivity index (χ0v) is 19.7. The number of ether oxygens (including phenoxy) is 1. The van der Waals surface area contributed by atoms with Crippen molar-refractivity contribution in [2.45, 2.75) is 29.6 Å². The molecule has 0 aliphatic carbocycles. The fraction of sp³-hybridized carbons (Fsp3) is 0.250.